The average molecular weight is 342 g/mol. The molecule has 2 rings (SSSR count). The van der Waals surface area contributed by atoms with E-state index in [2.05, 4.69) is 16.7 Å². The van der Waals surface area contributed by atoms with E-state index in [0.29, 0.717) is 12.2 Å². The van der Waals surface area contributed by atoms with E-state index in [1.165, 1.54) is 13.1 Å². The van der Waals surface area contributed by atoms with Crippen molar-refractivity contribution in [2.75, 3.05) is 31.4 Å². The van der Waals surface area contributed by atoms with Crippen molar-refractivity contribution in [3.05, 3.63) is 63.2 Å². The van der Waals surface area contributed by atoms with Crippen molar-refractivity contribution < 1.29 is 9.72 Å². The Morgan fingerprint density at radius 3 is 2.48 bits per heavy atom. The Kier molecular flexibility index (Phi) is 5.59. The van der Waals surface area contributed by atoms with Crippen LogP contribution >= 0.6 is 0 Å². The lowest BCUT2D eigenvalue weighted by Gasteiger charge is -2.16. The monoisotopic (exact) mass is 342 g/mol. The van der Waals surface area contributed by atoms with Gasteiger partial charge in [-0.05, 0) is 42.3 Å². The minimum absolute atomic E-state index is 0.122. The summed E-state index contributed by atoms with van der Waals surface area (Å²) in [5.74, 6) is -0.357. The maximum absolute atomic E-state index is 11.7. The van der Waals surface area contributed by atoms with Gasteiger partial charge in [0.25, 0.3) is 11.6 Å². The van der Waals surface area contributed by atoms with Crippen molar-refractivity contribution in [1.82, 2.24) is 5.32 Å². The Labute approximate surface area is 146 Å². The lowest BCUT2D eigenvalue weighted by atomic mass is 10.1. The number of nitro benzene ring substituents is 1. The molecule has 0 unspecified atom stereocenters. The van der Waals surface area contributed by atoms with Crippen molar-refractivity contribution in [2.45, 2.75) is 13.5 Å². The molecular formula is C18H22N4O3. The quantitative estimate of drug-likeness (QED) is 0.622. The second-order valence-electron chi connectivity index (χ2n) is 5.93. The fourth-order valence-corrected chi connectivity index (χ4v) is 2.46. The van der Waals surface area contributed by atoms with Gasteiger partial charge in [-0.25, -0.2) is 0 Å². The Balaban J connectivity index is 2.23. The first-order chi connectivity index (χ1) is 11.8. The molecule has 2 aromatic rings. The number of nitrogens with one attached hydrogen (secondary N) is 2. The molecule has 0 aliphatic rings. The fourth-order valence-electron chi connectivity index (χ4n) is 2.46. The summed E-state index contributed by atoms with van der Waals surface area (Å²) in [7, 11) is 5.44. The van der Waals surface area contributed by atoms with Gasteiger partial charge in [-0.2, -0.15) is 0 Å². The lowest BCUT2D eigenvalue weighted by Crippen LogP contribution is -2.18. The summed E-state index contributed by atoms with van der Waals surface area (Å²) < 4.78 is 0. The minimum atomic E-state index is -0.489. The summed E-state index contributed by atoms with van der Waals surface area (Å²) in [4.78, 5) is 24.5. The van der Waals surface area contributed by atoms with Gasteiger partial charge in [0.05, 0.1) is 4.92 Å². The number of nitro groups is 1. The zero-order chi connectivity index (χ0) is 18.6. The maximum atomic E-state index is 11.7. The molecule has 0 aliphatic carbocycles. The summed E-state index contributed by atoms with van der Waals surface area (Å²) in [5.41, 5.74) is 3.77. The third-order valence-electron chi connectivity index (χ3n) is 4.00. The van der Waals surface area contributed by atoms with E-state index in [1.54, 1.807) is 12.1 Å². The highest BCUT2D eigenvalue weighted by molar-refractivity contribution is 5.95. The smallest absolute Gasteiger partial charge is 0.293 e. The molecule has 0 aliphatic heterocycles. The van der Waals surface area contributed by atoms with Crippen LogP contribution in [0.25, 0.3) is 0 Å². The molecule has 0 saturated carbocycles. The number of amides is 1. The van der Waals surface area contributed by atoms with Crippen LogP contribution in [0.4, 0.5) is 17.1 Å². The Morgan fingerprint density at radius 2 is 1.92 bits per heavy atom. The molecule has 0 fully saturated rings. The number of benzene rings is 2. The summed E-state index contributed by atoms with van der Waals surface area (Å²) in [6.45, 7) is 2.47. The third kappa shape index (κ3) is 4.26. The molecule has 132 valence electrons. The van der Waals surface area contributed by atoms with Gasteiger partial charge >= 0.3 is 0 Å². The number of aryl methyl sites for hydroxylation is 1. The number of anilines is 2. The van der Waals surface area contributed by atoms with Gasteiger partial charge in [0.2, 0.25) is 0 Å². The minimum Gasteiger partial charge on any atom is -0.378 e. The summed E-state index contributed by atoms with van der Waals surface area (Å²) in [6.07, 6.45) is 0. The van der Waals surface area contributed by atoms with Gasteiger partial charge in [0.15, 0.2) is 0 Å². The molecule has 0 atom stereocenters. The van der Waals surface area contributed by atoms with Crippen molar-refractivity contribution in [1.29, 1.82) is 0 Å². The van der Waals surface area contributed by atoms with E-state index >= 15 is 0 Å². The van der Waals surface area contributed by atoms with E-state index in [0.717, 1.165) is 16.8 Å². The molecule has 7 nitrogen and oxygen atoms in total. The molecule has 0 bridgehead atoms. The molecule has 0 aromatic heterocycles. The second kappa shape index (κ2) is 7.65. The van der Waals surface area contributed by atoms with Crippen LogP contribution in [0, 0.1) is 17.0 Å². The molecule has 7 heteroatoms. The van der Waals surface area contributed by atoms with Gasteiger partial charge in [0.1, 0.15) is 5.69 Å². The highest BCUT2D eigenvalue weighted by Crippen LogP contribution is 2.27. The topological polar surface area (TPSA) is 87.5 Å². The number of carbonyl (C=O) groups is 1. The highest BCUT2D eigenvalue weighted by atomic mass is 16.6. The molecule has 2 aromatic carbocycles. The lowest BCUT2D eigenvalue weighted by molar-refractivity contribution is -0.384. The average Bonchev–Trinajstić information content (AvgIpc) is 2.59. The molecule has 0 saturated heterocycles. The predicted molar refractivity (Wildman–Crippen MR) is 99.3 cm³/mol. The van der Waals surface area contributed by atoms with Crippen molar-refractivity contribution in [3.63, 3.8) is 0 Å². The number of carbonyl (C=O) groups excluding carboxylic acids is 1. The van der Waals surface area contributed by atoms with Crippen LogP contribution < -0.4 is 15.5 Å². The highest BCUT2D eigenvalue weighted by Gasteiger charge is 2.17. The van der Waals surface area contributed by atoms with E-state index in [9.17, 15) is 14.9 Å². The summed E-state index contributed by atoms with van der Waals surface area (Å²) in [6, 6.07) is 10.5. The van der Waals surface area contributed by atoms with Crippen LogP contribution in [0.5, 0.6) is 0 Å². The first-order valence-corrected chi connectivity index (χ1v) is 7.84. The molecule has 1 amide bonds. The van der Waals surface area contributed by atoms with Gasteiger partial charge in [0, 0.05) is 45.0 Å². The van der Waals surface area contributed by atoms with Crippen LogP contribution in [0.3, 0.4) is 0 Å². The Morgan fingerprint density at radius 1 is 1.20 bits per heavy atom. The van der Waals surface area contributed by atoms with E-state index < -0.39 is 4.92 Å². The molecule has 2 N–H and O–H groups in total. The van der Waals surface area contributed by atoms with E-state index in [-0.39, 0.29) is 17.2 Å². The molecule has 0 spiro atoms. The van der Waals surface area contributed by atoms with Crippen molar-refractivity contribution in [3.8, 4) is 0 Å². The van der Waals surface area contributed by atoms with Gasteiger partial charge in [-0.1, -0.05) is 6.07 Å². The Hall–Kier alpha value is -3.09. The van der Waals surface area contributed by atoms with E-state index in [1.807, 2.05) is 38.1 Å². The van der Waals surface area contributed by atoms with Crippen LogP contribution in [-0.2, 0) is 6.54 Å². The van der Waals surface area contributed by atoms with Gasteiger partial charge < -0.3 is 15.5 Å². The van der Waals surface area contributed by atoms with E-state index in [4.69, 9.17) is 0 Å². The fraction of sp³-hybridized carbons (Fsp3) is 0.278. The largest absolute Gasteiger partial charge is 0.378 e. The number of hydrogen-bond donors (Lipinski definition) is 2. The first-order valence-electron chi connectivity index (χ1n) is 7.84. The molecule has 0 heterocycles. The number of hydrogen-bond acceptors (Lipinski definition) is 5. The van der Waals surface area contributed by atoms with Crippen LogP contribution in [0.1, 0.15) is 21.5 Å². The predicted octanol–water partition coefficient (Wildman–Crippen LogP) is 2.94. The molecular weight excluding hydrogens is 320 g/mol. The van der Waals surface area contributed by atoms with Crippen molar-refractivity contribution >= 4 is 23.0 Å². The van der Waals surface area contributed by atoms with Crippen LogP contribution in [-0.4, -0.2) is 32.0 Å². The third-order valence-corrected chi connectivity index (χ3v) is 4.00. The number of rotatable bonds is 6. The summed E-state index contributed by atoms with van der Waals surface area (Å²) >= 11 is 0. The van der Waals surface area contributed by atoms with Crippen LogP contribution in [0.2, 0.25) is 0 Å². The second-order valence-corrected chi connectivity index (χ2v) is 5.93. The Bertz CT molecular complexity index is 803. The number of nitrogens with zero attached hydrogens (tertiary/aromatic N) is 2. The van der Waals surface area contributed by atoms with Gasteiger partial charge in [-0.3, -0.25) is 14.9 Å². The maximum Gasteiger partial charge on any atom is 0.293 e. The molecule has 0 radical (unpaired) electrons. The zero-order valence-corrected chi connectivity index (χ0v) is 14.8. The standard InChI is InChI=1S/C18H22N4O3/c1-12-9-15(21(3)4)7-5-14(12)11-20-16-8-6-13(18(23)19-2)10-17(16)22(24)25/h5-10,20H,11H2,1-4H3,(H,19,23). The zero-order valence-electron chi connectivity index (χ0n) is 14.8. The van der Waals surface area contributed by atoms with Gasteiger partial charge in [-0.15, -0.1) is 0 Å². The first kappa shape index (κ1) is 18.3. The summed E-state index contributed by atoms with van der Waals surface area (Å²) in [5, 5.41) is 16.9. The normalized spacial score (nSPS) is 10.2. The van der Waals surface area contributed by atoms with Crippen molar-refractivity contribution in [2.24, 2.45) is 0 Å². The SMILES string of the molecule is CNC(=O)c1ccc(NCc2ccc(N(C)C)cc2C)c([N+](=O)[O-])c1. The molecule has 25 heavy (non-hydrogen) atoms. The van der Waals surface area contributed by atoms with Crippen LogP contribution in [0.15, 0.2) is 36.4 Å².